The molecule has 5 rings (SSSR count). The van der Waals surface area contributed by atoms with Crippen LogP contribution in [0.3, 0.4) is 0 Å². The third kappa shape index (κ3) is 4.08. The number of benzene rings is 1. The van der Waals surface area contributed by atoms with E-state index in [0.717, 1.165) is 69.9 Å². The monoisotopic (exact) mass is 457 g/mol. The van der Waals surface area contributed by atoms with Gasteiger partial charge in [0.25, 0.3) is 0 Å². The van der Waals surface area contributed by atoms with Gasteiger partial charge in [0.05, 0.1) is 6.61 Å². The van der Waals surface area contributed by atoms with E-state index >= 15 is 0 Å². The first-order chi connectivity index (χ1) is 16.2. The van der Waals surface area contributed by atoms with Crippen LogP contribution in [-0.2, 0) is 13.5 Å². The fourth-order valence-corrected chi connectivity index (χ4v) is 4.59. The molecule has 34 heavy (non-hydrogen) atoms. The molecule has 8 heteroatoms. The molecule has 0 aliphatic carbocycles. The highest BCUT2D eigenvalue weighted by atomic mass is 16.5. The fourth-order valence-electron chi connectivity index (χ4n) is 4.59. The molecule has 1 aliphatic rings. The molecule has 4 heterocycles. The Morgan fingerprint density at radius 2 is 1.85 bits per heavy atom. The SMILES string of the molecule is CCOc1cc(-c2nnc(C)n2C)ccc1Cc1ncc2cc(C)nc(N3CC(C)(C)C3)c2n1. The summed E-state index contributed by atoms with van der Waals surface area (Å²) in [4.78, 5) is 16.8. The van der Waals surface area contributed by atoms with Crippen molar-refractivity contribution in [3.8, 4) is 17.1 Å². The van der Waals surface area contributed by atoms with E-state index in [4.69, 9.17) is 14.7 Å². The zero-order chi connectivity index (χ0) is 24.0. The lowest BCUT2D eigenvalue weighted by Gasteiger charge is -2.46. The normalized spacial score (nSPS) is 14.9. The Bertz CT molecular complexity index is 1370. The van der Waals surface area contributed by atoms with Gasteiger partial charge in [-0.05, 0) is 38.3 Å². The smallest absolute Gasteiger partial charge is 0.163 e. The Kier molecular flexibility index (Phi) is 5.46. The third-order valence-corrected chi connectivity index (χ3v) is 6.33. The average molecular weight is 458 g/mol. The molecule has 8 nitrogen and oxygen atoms in total. The molecule has 1 aromatic carbocycles. The van der Waals surface area contributed by atoms with Gasteiger partial charge in [-0.2, -0.15) is 0 Å². The topological polar surface area (TPSA) is 81.8 Å². The summed E-state index contributed by atoms with van der Waals surface area (Å²) in [7, 11) is 1.97. The minimum absolute atomic E-state index is 0.309. The molecule has 0 saturated carbocycles. The first-order valence-corrected chi connectivity index (χ1v) is 11.7. The largest absolute Gasteiger partial charge is 0.494 e. The number of aromatic nitrogens is 6. The minimum atomic E-state index is 0.309. The number of anilines is 1. The molecule has 1 saturated heterocycles. The minimum Gasteiger partial charge on any atom is -0.494 e. The maximum Gasteiger partial charge on any atom is 0.163 e. The van der Waals surface area contributed by atoms with Crippen LogP contribution in [-0.4, -0.2) is 49.4 Å². The average Bonchev–Trinajstić information content (AvgIpc) is 3.11. The second-order valence-electron chi connectivity index (χ2n) is 9.89. The Labute approximate surface area is 200 Å². The van der Waals surface area contributed by atoms with Crippen LogP contribution in [0.1, 0.15) is 43.7 Å². The lowest BCUT2D eigenvalue weighted by Crippen LogP contribution is -2.53. The van der Waals surface area contributed by atoms with Crippen molar-refractivity contribution in [2.24, 2.45) is 12.5 Å². The van der Waals surface area contributed by atoms with Crippen molar-refractivity contribution in [1.82, 2.24) is 29.7 Å². The molecule has 0 radical (unpaired) electrons. The molecule has 1 fully saturated rings. The van der Waals surface area contributed by atoms with E-state index in [1.807, 2.05) is 44.6 Å². The molecule has 1 aliphatic heterocycles. The Morgan fingerprint density at radius 1 is 1.06 bits per heavy atom. The molecule has 0 unspecified atom stereocenters. The number of nitrogens with zero attached hydrogens (tertiary/aromatic N) is 7. The first kappa shape index (κ1) is 22.3. The number of pyridine rings is 1. The van der Waals surface area contributed by atoms with E-state index in [1.54, 1.807) is 0 Å². The molecule has 0 spiro atoms. The summed E-state index contributed by atoms with van der Waals surface area (Å²) < 4.78 is 7.98. The highest BCUT2D eigenvalue weighted by Crippen LogP contribution is 2.36. The van der Waals surface area contributed by atoms with Crippen molar-refractivity contribution in [1.29, 1.82) is 0 Å². The van der Waals surface area contributed by atoms with Gasteiger partial charge in [0, 0.05) is 55.0 Å². The van der Waals surface area contributed by atoms with E-state index in [2.05, 4.69) is 52.1 Å². The van der Waals surface area contributed by atoms with Gasteiger partial charge in [-0.1, -0.05) is 26.0 Å². The van der Waals surface area contributed by atoms with E-state index in [-0.39, 0.29) is 0 Å². The standard InChI is InChI=1S/C26H31N7O/c1-7-34-21-11-19(24-31-30-17(3)32(24)6)9-8-18(21)12-22-27-13-20-10-16(2)28-25(23(20)29-22)33-14-26(4,5)15-33/h8-11,13H,7,12,14-15H2,1-6H3. The summed E-state index contributed by atoms with van der Waals surface area (Å²) in [6, 6.07) is 8.21. The molecule has 0 N–H and O–H groups in total. The van der Waals surface area contributed by atoms with Crippen LogP contribution >= 0.6 is 0 Å². The van der Waals surface area contributed by atoms with Gasteiger partial charge in [-0.25, -0.2) is 15.0 Å². The highest BCUT2D eigenvalue weighted by molar-refractivity contribution is 5.89. The number of hydrogen-bond acceptors (Lipinski definition) is 7. The summed E-state index contributed by atoms with van der Waals surface area (Å²) >= 11 is 0. The quantitative estimate of drug-likeness (QED) is 0.428. The predicted octanol–water partition coefficient (Wildman–Crippen LogP) is 4.27. The molecule has 176 valence electrons. The zero-order valence-electron chi connectivity index (χ0n) is 20.8. The van der Waals surface area contributed by atoms with Gasteiger partial charge in [-0.15, -0.1) is 10.2 Å². The second-order valence-corrected chi connectivity index (χ2v) is 9.89. The Balaban J connectivity index is 1.50. The fraction of sp³-hybridized carbons (Fsp3) is 0.423. The van der Waals surface area contributed by atoms with Crippen LogP contribution in [0.2, 0.25) is 0 Å². The van der Waals surface area contributed by atoms with Gasteiger partial charge in [-0.3, -0.25) is 0 Å². The number of ether oxygens (including phenoxy) is 1. The summed E-state index contributed by atoms with van der Waals surface area (Å²) in [5.74, 6) is 4.21. The van der Waals surface area contributed by atoms with Crippen LogP contribution in [0.4, 0.5) is 5.82 Å². The van der Waals surface area contributed by atoms with E-state index < -0.39 is 0 Å². The van der Waals surface area contributed by atoms with Gasteiger partial charge in [0.2, 0.25) is 0 Å². The number of rotatable bonds is 6. The number of aryl methyl sites for hydroxylation is 2. The second kappa shape index (κ2) is 8.34. The van der Waals surface area contributed by atoms with Crippen LogP contribution in [0, 0.1) is 19.3 Å². The van der Waals surface area contributed by atoms with Gasteiger partial charge >= 0.3 is 0 Å². The number of fused-ring (bicyclic) bond motifs is 1. The summed E-state index contributed by atoms with van der Waals surface area (Å²) in [5, 5.41) is 9.51. The predicted molar refractivity (Wildman–Crippen MR) is 133 cm³/mol. The molecule has 4 aromatic rings. The molecular weight excluding hydrogens is 426 g/mol. The number of hydrogen-bond donors (Lipinski definition) is 0. The summed E-state index contributed by atoms with van der Waals surface area (Å²) in [5.41, 5.74) is 4.21. The van der Waals surface area contributed by atoms with Crippen LogP contribution in [0.15, 0.2) is 30.5 Å². The van der Waals surface area contributed by atoms with E-state index in [9.17, 15) is 0 Å². The van der Waals surface area contributed by atoms with Crippen molar-refractivity contribution < 1.29 is 4.74 Å². The zero-order valence-corrected chi connectivity index (χ0v) is 20.8. The van der Waals surface area contributed by atoms with Gasteiger partial charge in [0.1, 0.15) is 22.9 Å². The lowest BCUT2D eigenvalue weighted by atomic mass is 9.84. The molecule has 0 bridgehead atoms. The highest BCUT2D eigenvalue weighted by Gasteiger charge is 2.36. The molecule has 0 atom stereocenters. The molecule has 0 amide bonds. The Morgan fingerprint density at radius 3 is 2.53 bits per heavy atom. The third-order valence-electron chi connectivity index (χ3n) is 6.33. The van der Waals surface area contributed by atoms with Crippen molar-refractivity contribution >= 4 is 16.7 Å². The van der Waals surface area contributed by atoms with Gasteiger partial charge < -0.3 is 14.2 Å². The maximum atomic E-state index is 6.00. The van der Waals surface area contributed by atoms with Crippen LogP contribution < -0.4 is 9.64 Å². The van der Waals surface area contributed by atoms with Crippen molar-refractivity contribution in [3.05, 3.63) is 53.4 Å². The summed E-state index contributed by atoms with van der Waals surface area (Å²) in [6.07, 6.45) is 2.49. The molecular formula is C26H31N7O. The van der Waals surface area contributed by atoms with Crippen LogP contribution in [0.25, 0.3) is 22.3 Å². The van der Waals surface area contributed by atoms with E-state index in [0.29, 0.717) is 18.4 Å². The van der Waals surface area contributed by atoms with Crippen LogP contribution in [0.5, 0.6) is 5.75 Å². The van der Waals surface area contributed by atoms with Crippen molar-refractivity contribution in [3.63, 3.8) is 0 Å². The van der Waals surface area contributed by atoms with Gasteiger partial charge in [0.15, 0.2) is 11.6 Å². The Hall–Kier alpha value is -3.55. The maximum absolute atomic E-state index is 6.00. The summed E-state index contributed by atoms with van der Waals surface area (Å²) in [6.45, 7) is 13.1. The van der Waals surface area contributed by atoms with Crippen molar-refractivity contribution in [2.45, 2.75) is 41.0 Å². The van der Waals surface area contributed by atoms with Crippen molar-refractivity contribution in [2.75, 3.05) is 24.6 Å². The molecule has 3 aromatic heterocycles. The van der Waals surface area contributed by atoms with E-state index in [1.165, 1.54) is 0 Å². The lowest BCUT2D eigenvalue weighted by molar-refractivity contribution is 0.275. The first-order valence-electron chi connectivity index (χ1n) is 11.7.